The molecule has 0 aliphatic carbocycles. The van der Waals surface area contributed by atoms with E-state index in [1.165, 1.54) is 0 Å². The van der Waals surface area contributed by atoms with Crippen molar-refractivity contribution < 1.29 is 8.83 Å². The lowest BCUT2D eigenvalue weighted by Gasteiger charge is -2.13. The summed E-state index contributed by atoms with van der Waals surface area (Å²) in [6, 6.07) is 7.98. The molecule has 0 unspecified atom stereocenters. The molecule has 2 rings (SSSR count). The Kier molecular flexibility index (Phi) is 5.24. The molecule has 2 heterocycles. The Morgan fingerprint density at radius 3 is 2.63 bits per heavy atom. The molecule has 0 amide bonds. The molecule has 0 aromatic carbocycles. The number of hydrogen-bond donors (Lipinski definition) is 1. The second-order valence-corrected chi connectivity index (χ2v) is 4.80. The van der Waals surface area contributed by atoms with Crippen LogP contribution in [0.5, 0.6) is 0 Å². The molecule has 0 saturated carbocycles. The highest BCUT2D eigenvalue weighted by molar-refractivity contribution is 5.07. The van der Waals surface area contributed by atoms with Crippen LogP contribution in [-0.4, -0.2) is 18.5 Å². The third-order valence-electron chi connectivity index (χ3n) is 2.87. The summed E-state index contributed by atoms with van der Waals surface area (Å²) in [5.74, 6) is 2.95. The van der Waals surface area contributed by atoms with Gasteiger partial charge in [0.25, 0.3) is 0 Å². The number of furan rings is 2. The normalized spacial score (nSPS) is 11.3. The molecule has 0 saturated heterocycles. The van der Waals surface area contributed by atoms with Crippen LogP contribution in [0, 0.1) is 0 Å². The van der Waals surface area contributed by atoms with Crippen LogP contribution in [0.4, 0.5) is 0 Å². The predicted octanol–water partition coefficient (Wildman–Crippen LogP) is 3.00. The molecule has 1 N–H and O–H groups in total. The first kappa shape index (κ1) is 13.9. The van der Waals surface area contributed by atoms with Crippen molar-refractivity contribution in [3.63, 3.8) is 0 Å². The summed E-state index contributed by atoms with van der Waals surface area (Å²) in [7, 11) is 2.06. The Morgan fingerprint density at radius 2 is 1.89 bits per heavy atom. The standard InChI is InChI=1S/C15H22N2O2/c1-3-8-16-10-13-6-7-15(19-13)12-17(2)11-14-5-4-9-18-14/h4-7,9,16H,3,8,10-12H2,1-2H3. The topological polar surface area (TPSA) is 41.5 Å². The molecule has 0 spiro atoms. The van der Waals surface area contributed by atoms with Crippen molar-refractivity contribution in [2.24, 2.45) is 0 Å². The van der Waals surface area contributed by atoms with Gasteiger partial charge in [-0.25, -0.2) is 0 Å². The smallest absolute Gasteiger partial charge is 0.118 e. The fourth-order valence-corrected chi connectivity index (χ4v) is 1.98. The summed E-state index contributed by atoms with van der Waals surface area (Å²) in [5.41, 5.74) is 0. The van der Waals surface area contributed by atoms with Crippen LogP contribution >= 0.6 is 0 Å². The van der Waals surface area contributed by atoms with E-state index < -0.39 is 0 Å². The van der Waals surface area contributed by atoms with E-state index in [9.17, 15) is 0 Å². The molecule has 2 aromatic heterocycles. The van der Waals surface area contributed by atoms with Crippen LogP contribution in [0.15, 0.2) is 39.4 Å². The summed E-state index contributed by atoms with van der Waals surface area (Å²) < 4.78 is 11.1. The quantitative estimate of drug-likeness (QED) is 0.743. The van der Waals surface area contributed by atoms with Gasteiger partial charge in [0.1, 0.15) is 17.3 Å². The molecule has 0 aliphatic rings. The molecule has 4 nitrogen and oxygen atoms in total. The van der Waals surface area contributed by atoms with Gasteiger partial charge in [-0.2, -0.15) is 0 Å². The summed E-state index contributed by atoms with van der Waals surface area (Å²) in [6.07, 6.45) is 2.84. The molecule has 2 aromatic rings. The van der Waals surface area contributed by atoms with Gasteiger partial charge in [0.05, 0.1) is 25.9 Å². The zero-order valence-corrected chi connectivity index (χ0v) is 11.7. The third-order valence-corrected chi connectivity index (χ3v) is 2.87. The van der Waals surface area contributed by atoms with Crippen LogP contribution in [-0.2, 0) is 19.6 Å². The first-order chi connectivity index (χ1) is 9.28. The Bertz CT molecular complexity index is 462. The molecule has 19 heavy (non-hydrogen) atoms. The van der Waals surface area contributed by atoms with Gasteiger partial charge in [-0.1, -0.05) is 6.92 Å². The highest BCUT2D eigenvalue weighted by Gasteiger charge is 2.07. The van der Waals surface area contributed by atoms with Crippen molar-refractivity contribution in [3.05, 3.63) is 47.8 Å². The number of hydrogen-bond acceptors (Lipinski definition) is 4. The minimum absolute atomic E-state index is 0.786. The molecular formula is C15H22N2O2. The number of nitrogens with zero attached hydrogens (tertiary/aromatic N) is 1. The molecule has 0 aliphatic heterocycles. The monoisotopic (exact) mass is 262 g/mol. The van der Waals surface area contributed by atoms with Crippen molar-refractivity contribution in [1.82, 2.24) is 10.2 Å². The van der Waals surface area contributed by atoms with Crippen molar-refractivity contribution in [2.45, 2.75) is 33.0 Å². The van der Waals surface area contributed by atoms with E-state index in [1.54, 1.807) is 6.26 Å². The maximum absolute atomic E-state index is 5.79. The van der Waals surface area contributed by atoms with Crippen LogP contribution in [0.2, 0.25) is 0 Å². The summed E-state index contributed by atoms with van der Waals surface area (Å²) in [5, 5.41) is 3.33. The Labute approximate surface area is 114 Å². The molecule has 104 valence electrons. The lowest BCUT2D eigenvalue weighted by atomic mass is 10.3. The Hall–Kier alpha value is -1.52. The zero-order valence-electron chi connectivity index (χ0n) is 11.7. The average molecular weight is 262 g/mol. The molecule has 0 radical (unpaired) electrons. The van der Waals surface area contributed by atoms with Crippen molar-refractivity contribution >= 4 is 0 Å². The highest BCUT2D eigenvalue weighted by Crippen LogP contribution is 2.12. The van der Waals surface area contributed by atoms with Crippen molar-refractivity contribution in [2.75, 3.05) is 13.6 Å². The van der Waals surface area contributed by atoms with Gasteiger partial charge >= 0.3 is 0 Å². The lowest BCUT2D eigenvalue weighted by molar-refractivity contribution is 0.261. The Balaban J connectivity index is 1.78. The minimum Gasteiger partial charge on any atom is -0.468 e. The van der Waals surface area contributed by atoms with Gasteiger partial charge in [-0.3, -0.25) is 4.90 Å². The van der Waals surface area contributed by atoms with E-state index in [0.29, 0.717) is 0 Å². The fourth-order valence-electron chi connectivity index (χ4n) is 1.98. The lowest BCUT2D eigenvalue weighted by Crippen LogP contribution is -2.16. The zero-order chi connectivity index (χ0) is 13.5. The van der Waals surface area contributed by atoms with Crippen molar-refractivity contribution in [1.29, 1.82) is 0 Å². The molecule has 0 bridgehead atoms. The van der Waals surface area contributed by atoms with Gasteiger partial charge in [0.2, 0.25) is 0 Å². The second-order valence-electron chi connectivity index (χ2n) is 4.80. The van der Waals surface area contributed by atoms with Gasteiger partial charge < -0.3 is 14.2 Å². The third kappa shape index (κ3) is 4.58. The van der Waals surface area contributed by atoms with Gasteiger partial charge in [0.15, 0.2) is 0 Å². The molecule has 0 atom stereocenters. The largest absolute Gasteiger partial charge is 0.468 e. The molecule has 4 heteroatoms. The molecule has 0 fully saturated rings. The molecular weight excluding hydrogens is 240 g/mol. The first-order valence-electron chi connectivity index (χ1n) is 6.77. The van der Waals surface area contributed by atoms with Crippen LogP contribution in [0.1, 0.15) is 30.6 Å². The van der Waals surface area contributed by atoms with Gasteiger partial charge in [-0.15, -0.1) is 0 Å². The maximum Gasteiger partial charge on any atom is 0.118 e. The van der Waals surface area contributed by atoms with E-state index in [4.69, 9.17) is 8.83 Å². The fraction of sp³-hybridized carbons (Fsp3) is 0.467. The maximum atomic E-state index is 5.79. The second kappa shape index (κ2) is 7.16. The first-order valence-corrected chi connectivity index (χ1v) is 6.77. The van der Waals surface area contributed by atoms with E-state index in [2.05, 4.69) is 24.2 Å². The predicted molar refractivity (Wildman–Crippen MR) is 74.6 cm³/mol. The van der Waals surface area contributed by atoms with E-state index >= 15 is 0 Å². The van der Waals surface area contributed by atoms with Crippen LogP contribution in [0.3, 0.4) is 0 Å². The van der Waals surface area contributed by atoms with E-state index in [1.807, 2.05) is 24.3 Å². The van der Waals surface area contributed by atoms with Crippen LogP contribution < -0.4 is 5.32 Å². The van der Waals surface area contributed by atoms with Gasteiger partial charge in [-0.05, 0) is 44.3 Å². The Morgan fingerprint density at radius 1 is 1.11 bits per heavy atom. The SMILES string of the molecule is CCCNCc1ccc(CN(C)Cc2ccco2)o1. The average Bonchev–Trinajstić information content (AvgIpc) is 3.02. The summed E-state index contributed by atoms with van der Waals surface area (Å²) in [6.45, 7) is 5.56. The summed E-state index contributed by atoms with van der Waals surface area (Å²) in [4.78, 5) is 2.17. The van der Waals surface area contributed by atoms with Crippen molar-refractivity contribution in [3.8, 4) is 0 Å². The van der Waals surface area contributed by atoms with E-state index in [-0.39, 0.29) is 0 Å². The number of nitrogens with one attached hydrogen (secondary N) is 1. The minimum atomic E-state index is 0.786. The highest BCUT2D eigenvalue weighted by atomic mass is 16.3. The van der Waals surface area contributed by atoms with Crippen LogP contribution in [0.25, 0.3) is 0 Å². The van der Waals surface area contributed by atoms with Gasteiger partial charge in [0, 0.05) is 0 Å². The summed E-state index contributed by atoms with van der Waals surface area (Å²) >= 11 is 0. The number of rotatable bonds is 8. The van der Waals surface area contributed by atoms with E-state index in [0.717, 1.165) is 49.9 Å².